The molecule has 1 fully saturated rings. The highest BCUT2D eigenvalue weighted by atomic mass is 16.7. The molecule has 0 unspecified atom stereocenters. The van der Waals surface area contributed by atoms with Gasteiger partial charge in [-0.05, 0) is 24.1 Å². The van der Waals surface area contributed by atoms with Gasteiger partial charge in [0.1, 0.15) is 12.2 Å². The molecule has 7 heteroatoms. The maximum Gasteiger partial charge on any atom is 0.252 e. The monoisotopic (exact) mass is 293 g/mol. The van der Waals surface area contributed by atoms with Crippen molar-refractivity contribution in [2.24, 2.45) is 0 Å². The minimum absolute atomic E-state index is 0.109. The van der Waals surface area contributed by atoms with Crippen molar-refractivity contribution in [3.8, 4) is 11.5 Å². The minimum atomic E-state index is -1.26. The Hall–Kier alpha value is -1.83. The zero-order chi connectivity index (χ0) is 14.7. The van der Waals surface area contributed by atoms with Gasteiger partial charge in [-0.15, -0.1) is 0 Å². The van der Waals surface area contributed by atoms with Crippen LogP contribution in [0.5, 0.6) is 11.5 Å². The Kier molecular flexibility index (Phi) is 2.66. The molecule has 1 aromatic rings. The molecule has 2 aliphatic heterocycles. The van der Waals surface area contributed by atoms with Crippen molar-refractivity contribution in [2.75, 3.05) is 6.79 Å². The molecule has 0 radical (unpaired) electrons. The highest BCUT2D eigenvalue weighted by molar-refractivity contribution is 5.98. The van der Waals surface area contributed by atoms with Crippen LogP contribution in [0, 0.1) is 0 Å². The van der Waals surface area contributed by atoms with Gasteiger partial charge < -0.3 is 30.1 Å². The number of ether oxygens (including phenoxy) is 2. The van der Waals surface area contributed by atoms with E-state index in [9.17, 15) is 20.1 Å². The molecule has 3 aliphatic rings. The molecule has 2 heterocycles. The Balaban J connectivity index is 1.82. The molecule has 112 valence electrons. The standard InChI is InChI=1S/C14H15NO6/c16-8-1-6-5-2-9-10(21-4-20-9)3-7(5)14(19)15-11(6)13(18)12(8)17/h2-3,6,8,11-13,16-18H,1,4H2,(H,15,19)/t6-,8+,11-,12+,13+/m1/s1. The second-order valence-electron chi connectivity index (χ2n) is 5.68. The van der Waals surface area contributed by atoms with Crippen LogP contribution in [0.25, 0.3) is 0 Å². The van der Waals surface area contributed by atoms with Gasteiger partial charge in [0.05, 0.1) is 12.1 Å². The summed E-state index contributed by atoms with van der Waals surface area (Å²) in [6, 6.07) is 2.72. The second-order valence-corrected chi connectivity index (χ2v) is 5.68. The lowest BCUT2D eigenvalue weighted by molar-refractivity contribution is -0.104. The summed E-state index contributed by atoms with van der Waals surface area (Å²) < 4.78 is 10.6. The van der Waals surface area contributed by atoms with Crippen molar-refractivity contribution in [2.45, 2.75) is 36.7 Å². The maximum absolute atomic E-state index is 12.2. The number of hydrogen-bond donors (Lipinski definition) is 4. The predicted octanol–water partition coefficient (Wildman–Crippen LogP) is -0.903. The second kappa shape index (κ2) is 4.33. The van der Waals surface area contributed by atoms with E-state index >= 15 is 0 Å². The van der Waals surface area contributed by atoms with E-state index in [0.717, 1.165) is 0 Å². The molecular weight excluding hydrogens is 278 g/mol. The van der Waals surface area contributed by atoms with Gasteiger partial charge in [0.25, 0.3) is 5.91 Å². The number of carbonyl (C=O) groups is 1. The number of benzene rings is 1. The molecule has 0 aromatic heterocycles. The van der Waals surface area contributed by atoms with Crippen LogP contribution < -0.4 is 14.8 Å². The lowest BCUT2D eigenvalue weighted by Crippen LogP contribution is -2.61. The van der Waals surface area contributed by atoms with Crippen LogP contribution >= 0.6 is 0 Å². The number of amides is 1. The van der Waals surface area contributed by atoms with Gasteiger partial charge in [0.15, 0.2) is 11.5 Å². The van der Waals surface area contributed by atoms with E-state index in [1.54, 1.807) is 12.1 Å². The molecular formula is C14H15NO6. The van der Waals surface area contributed by atoms with E-state index in [1.807, 2.05) is 0 Å². The molecule has 1 amide bonds. The maximum atomic E-state index is 12.2. The normalized spacial score (nSPS) is 36.7. The Labute approximate surface area is 120 Å². The summed E-state index contributed by atoms with van der Waals surface area (Å²) in [5.74, 6) is 0.462. The minimum Gasteiger partial charge on any atom is -0.454 e. The van der Waals surface area contributed by atoms with Crippen molar-refractivity contribution >= 4 is 5.91 Å². The van der Waals surface area contributed by atoms with Crippen LogP contribution in [0.2, 0.25) is 0 Å². The summed E-state index contributed by atoms with van der Waals surface area (Å²) in [6.07, 6.45) is -3.24. The average Bonchev–Trinajstić information content (AvgIpc) is 2.92. The summed E-state index contributed by atoms with van der Waals surface area (Å²) in [6.45, 7) is 0.109. The van der Waals surface area contributed by atoms with Gasteiger partial charge >= 0.3 is 0 Å². The molecule has 1 aliphatic carbocycles. The highest BCUT2D eigenvalue weighted by Crippen LogP contribution is 2.43. The average molecular weight is 293 g/mol. The Morgan fingerprint density at radius 1 is 1.10 bits per heavy atom. The van der Waals surface area contributed by atoms with Crippen molar-refractivity contribution in [1.29, 1.82) is 0 Å². The molecule has 1 saturated carbocycles. The van der Waals surface area contributed by atoms with Crippen LogP contribution in [0.1, 0.15) is 28.3 Å². The van der Waals surface area contributed by atoms with Crippen LogP contribution in [-0.4, -0.2) is 52.4 Å². The number of fused-ring (bicyclic) bond motifs is 4. The first-order chi connectivity index (χ1) is 10.1. The summed E-state index contributed by atoms with van der Waals surface area (Å²) in [5, 5.41) is 32.5. The molecule has 0 bridgehead atoms. The fourth-order valence-corrected chi connectivity index (χ4v) is 3.42. The Morgan fingerprint density at radius 3 is 2.57 bits per heavy atom. The number of nitrogens with one attached hydrogen (secondary N) is 1. The third kappa shape index (κ3) is 1.75. The van der Waals surface area contributed by atoms with Crippen LogP contribution in [0.4, 0.5) is 0 Å². The van der Waals surface area contributed by atoms with Gasteiger partial charge in [-0.3, -0.25) is 4.79 Å². The lowest BCUT2D eigenvalue weighted by atomic mass is 9.72. The molecule has 0 saturated heterocycles. The molecule has 4 N–H and O–H groups in total. The predicted molar refractivity (Wildman–Crippen MR) is 69.2 cm³/mol. The molecule has 0 spiro atoms. The smallest absolute Gasteiger partial charge is 0.252 e. The van der Waals surface area contributed by atoms with E-state index in [-0.39, 0.29) is 25.0 Å². The van der Waals surface area contributed by atoms with Crippen molar-refractivity contribution in [1.82, 2.24) is 5.32 Å². The largest absolute Gasteiger partial charge is 0.454 e. The first-order valence-corrected chi connectivity index (χ1v) is 6.85. The van der Waals surface area contributed by atoms with Crippen molar-refractivity contribution in [3.05, 3.63) is 23.3 Å². The summed E-state index contributed by atoms with van der Waals surface area (Å²) in [7, 11) is 0. The SMILES string of the molecule is O=C1N[C@H]2[C@H](O)[C@@H](O)[C@@H](O)C[C@@H]2c2cc3c(cc21)OCO3. The third-order valence-electron chi connectivity index (χ3n) is 4.53. The summed E-state index contributed by atoms with van der Waals surface area (Å²) >= 11 is 0. The van der Waals surface area contributed by atoms with Crippen molar-refractivity contribution in [3.63, 3.8) is 0 Å². The third-order valence-corrected chi connectivity index (χ3v) is 4.53. The van der Waals surface area contributed by atoms with E-state index in [0.29, 0.717) is 22.6 Å². The van der Waals surface area contributed by atoms with Gasteiger partial charge in [0, 0.05) is 11.5 Å². The van der Waals surface area contributed by atoms with Gasteiger partial charge in [0.2, 0.25) is 6.79 Å². The fourth-order valence-electron chi connectivity index (χ4n) is 3.42. The zero-order valence-corrected chi connectivity index (χ0v) is 11.0. The first-order valence-electron chi connectivity index (χ1n) is 6.85. The van der Waals surface area contributed by atoms with Crippen molar-refractivity contribution < 1.29 is 29.6 Å². The number of carbonyl (C=O) groups excluding carboxylic acids is 1. The number of aliphatic hydroxyl groups excluding tert-OH is 3. The first kappa shape index (κ1) is 12.9. The highest BCUT2D eigenvalue weighted by Gasteiger charge is 2.47. The zero-order valence-electron chi connectivity index (χ0n) is 11.0. The topological polar surface area (TPSA) is 108 Å². The van der Waals surface area contributed by atoms with Crippen LogP contribution in [0.3, 0.4) is 0 Å². The summed E-state index contributed by atoms with van der Waals surface area (Å²) in [5.41, 5.74) is 1.16. The molecule has 7 nitrogen and oxygen atoms in total. The molecule has 1 aromatic carbocycles. The van der Waals surface area contributed by atoms with E-state index in [1.165, 1.54) is 0 Å². The number of rotatable bonds is 0. The van der Waals surface area contributed by atoms with Gasteiger partial charge in [-0.1, -0.05) is 0 Å². The van der Waals surface area contributed by atoms with E-state index in [4.69, 9.17) is 9.47 Å². The summed E-state index contributed by atoms with van der Waals surface area (Å²) in [4.78, 5) is 12.2. The number of hydrogen-bond acceptors (Lipinski definition) is 6. The van der Waals surface area contributed by atoms with Gasteiger partial charge in [-0.25, -0.2) is 0 Å². The van der Waals surface area contributed by atoms with Crippen LogP contribution in [-0.2, 0) is 0 Å². The van der Waals surface area contributed by atoms with Gasteiger partial charge in [-0.2, -0.15) is 0 Å². The quantitative estimate of drug-likeness (QED) is 0.493. The Morgan fingerprint density at radius 2 is 1.81 bits per heavy atom. The number of aliphatic hydroxyl groups is 3. The van der Waals surface area contributed by atoms with E-state index in [2.05, 4.69) is 5.32 Å². The van der Waals surface area contributed by atoms with E-state index < -0.39 is 24.4 Å². The fraction of sp³-hybridized carbons (Fsp3) is 0.500. The molecule has 5 atom stereocenters. The molecule has 4 rings (SSSR count). The molecule has 21 heavy (non-hydrogen) atoms. The van der Waals surface area contributed by atoms with Crippen LogP contribution in [0.15, 0.2) is 12.1 Å². The lowest BCUT2D eigenvalue weighted by Gasteiger charge is -2.44. The Bertz CT molecular complexity index is 618.